The molecule has 2 N–H and O–H groups in total. The Hall–Kier alpha value is -3.83. The number of nitrogens with one attached hydrogen (secondary N) is 2. The van der Waals surface area contributed by atoms with Crippen LogP contribution in [0.2, 0.25) is 0 Å². The van der Waals surface area contributed by atoms with Crippen LogP contribution in [0.25, 0.3) is 22.2 Å². The van der Waals surface area contributed by atoms with E-state index in [4.69, 9.17) is 4.84 Å². The van der Waals surface area contributed by atoms with Crippen LogP contribution in [0.3, 0.4) is 0 Å². The maximum absolute atomic E-state index is 12.3. The standard InChI is InChI=1S/C24H26N8O2.H2S/c1-15(17-6-5-7-18-19(23(33)25-2)8-9-26-22(17)18)11-27-21-10-20(30-14-31-21)16-12-28-24(29-13-16)34-32(3)4;/h5-10,12-15H,11H2,1-4H3,(H,25,33)(H,27,30,31);1H2/t15-;/m1./s1. The summed E-state index contributed by atoms with van der Waals surface area (Å²) < 4.78 is 0. The summed E-state index contributed by atoms with van der Waals surface area (Å²) in [6.07, 6.45) is 6.49. The van der Waals surface area contributed by atoms with Gasteiger partial charge in [0.1, 0.15) is 12.1 Å². The van der Waals surface area contributed by atoms with E-state index in [0.29, 0.717) is 23.6 Å². The monoisotopic (exact) mass is 492 g/mol. The van der Waals surface area contributed by atoms with Crippen molar-refractivity contribution in [3.63, 3.8) is 0 Å². The molecule has 0 aliphatic carbocycles. The summed E-state index contributed by atoms with van der Waals surface area (Å²) in [4.78, 5) is 39.2. The van der Waals surface area contributed by atoms with E-state index < -0.39 is 0 Å². The smallest absolute Gasteiger partial charge is 0.335 e. The third-order valence-electron chi connectivity index (χ3n) is 5.25. The zero-order valence-electron chi connectivity index (χ0n) is 20.0. The number of hydrogen-bond acceptors (Lipinski definition) is 9. The number of hydroxylamine groups is 2. The second kappa shape index (κ2) is 11.5. The zero-order valence-corrected chi connectivity index (χ0v) is 21.0. The number of amides is 1. The third-order valence-corrected chi connectivity index (χ3v) is 5.25. The number of benzene rings is 1. The molecule has 4 aromatic rings. The van der Waals surface area contributed by atoms with Crippen molar-refractivity contribution in [2.45, 2.75) is 12.8 Å². The first-order chi connectivity index (χ1) is 16.5. The van der Waals surface area contributed by atoms with E-state index in [1.165, 1.54) is 11.4 Å². The first kappa shape index (κ1) is 25.8. The summed E-state index contributed by atoms with van der Waals surface area (Å²) in [5.74, 6) is 0.666. The van der Waals surface area contributed by atoms with E-state index in [1.807, 2.05) is 24.3 Å². The molecule has 0 aliphatic heterocycles. The van der Waals surface area contributed by atoms with Crippen LogP contribution >= 0.6 is 13.5 Å². The lowest BCUT2D eigenvalue weighted by Gasteiger charge is -2.16. The normalized spacial score (nSPS) is 11.6. The maximum Gasteiger partial charge on any atom is 0.335 e. The van der Waals surface area contributed by atoms with Gasteiger partial charge in [0.05, 0.1) is 16.8 Å². The van der Waals surface area contributed by atoms with Crippen molar-refractivity contribution in [3.8, 4) is 17.3 Å². The highest BCUT2D eigenvalue weighted by Gasteiger charge is 2.15. The Balaban J connectivity index is 0.00000342. The molecule has 10 nitrogen and oxygen atoms in total. The van der Waals surface area contributed by atoms with Crippen LogP contribution in [0.4, 0.5) is 5.82 Å². The molecule has 0 unspecified atom stereocenters. The van der Waals surface area contributed by atoms with Gasteiger partial charge in [-0.15, -0.1) is 5.06 Å². The van der Waals surface area contributed by atoms with Gasteiger partial charge in [-0.2, -0.15) is 13.5 Å². The molecule has 0 aliphatic rings. The van der Waals surface area contributed by atoms with Crippen LogP contribution in [0.1, 0.15) is 28.8 Å². The van der Waals surface area contributed by atoms with Gasteiger partial charge in [-0.3, -0.25) is 9.78 Å². The van der Waals surface area contributed by atoms with Gasteiger partial charge in [-0.1, -0.05) is 25.1 Å². The minimum Gasteiger partial charge on any atom is -0.369 e. The van der Waals surface area contributed by atoms with E-state index in [2.05, 4.69) is 42.5 Å². The first-order valence-electron chi connectivity index (χ1n) is 10.8. The highest BCUT2D eigenvalue weighted by atomic mass is 32.1. The molecule has 0 fully saturated rings. The van der Waals surface area contributed by atoms with Crippen LogP contribution in [-0.2, 0) is 0 Å². The van der Waals surface area contributed by atoms with Gasteiger partial charge in [-0.05, 0) is 11.6 Å². The predicted molar refractivity (Wildman–Crippen MR) is 140 cm³/mol. The van der Waals surface area contributed by atoms with Crippen molar-refractivity contribution in [1.82, 2.24) is 35.3 Å². The molecule has 1 aromatic carbocycles. The van der Waals surface area contributed by atoms with Gasteiger partial charge in [0, 0.05) is 69.2 Å². The SMILES string of the molecule is CNC(=O)c1ccnc2c([C@H](C)CNc3cc(-c4cnc(ON(C)C)nc4)ncn3)cccc12.S. The summed E-state index contributed by atoms with van der Waals surface area (Å²) in [7, 11) is 5.14. The van der Waals surface area contributed by atoms with Gasteiger partial charge in [0.2, 0.25) is 0 Å². The Morgan fingerprint density at radius 1 is 1.09 bits per heavy atom. The molecule has 182 valence electrons. The van der Waals surface area contributed by atoms with Gasteiger partial charge in [0.15, 0.2) is 0 Å². The Bertz CT molecular complexity index is 1300. The van der Waals surface area contributed by atoms with E-state index in [-0.39, 0.29) is 31.3 Å². The van der Waals surface area contributed by atoms with Crippen molar-refractivity contribution in [2.75, 3.05) is 33.0 Å². The Morgan fingerprint density at radius 3 is 2.57 bits per heavy atom. The molecule has 0 saturated heterocycles. The van der Waals surface area contributed by atoms with Crippen molar-refractivity contribution in [3.05, 3.63) is 66.4 Å². The van der Waals surface area contributed by atoms with Crippen LogP contribution in [0.5, 0.6) is 6.01 Å². The topological polar surface area (TPSA) is 118 Å². The number of aromatic nitrogens is 5. The van der Waals surface area contributed by atoms with E-state index in [1.54, 1.807) is 45.8 Å². The van der Waals surface area contributed by atoms with Gasteiger partial charge >= 0.3 is 6.01 Å². The molecule has 3 heterocycles. The van der Waals surface area contributed by atoms with Gasteiger partial charge in [-0.25, -0.2) is 19.9 Å². The number of nitrogens with zero attached hydrogens (tertiary/aromatic N) is 6. The molecule has 0 bridgehead atoms. The number of hydrogen-bond donors (Lipinski definition) is 2. The Morgan fingerprint density at radius 2 is 1.86 bits per heavy atom. The molecule has 4 rings (SSSR count). The number of carbonyl (C=O) groups excluding carboxylic acids is 1. The second-order valence-corrected chi connectivity index (χ2v) is 7.91. The second-order valence-electron chi connectivity index (χ2n) is 7.91. The van der Waals surface area contributed by atoms with Crippen LogP contribution in [0, 0.1) is 0 Å². The molecule has 1 atom stereocenters. The summed E-state index contributed by atoms with van der Waals surface area (Å²) in [5.41, 5.74) is 3.93. The fraction of sp³-hybridized carbons (Fsp3) is 0.250. The largest absolute Gasteiger partial charge is 0.369 e. The first-order valence-corrected chi connectivity index (χ1v) is 10.8. The van der Waals surface area contributed by atoms with E-state index in [9.17, 15) is 4.79 Å². The average Bonchev–Trinajstić information content (AvgIpc) is 2.86. The van der Waals surface area contributed by atoms with Gasteiger partial charge < -0.3 is 15.5 Å². The number of rotatable bonds is 8. The van der Waals surface area contributed by atoms with Crippen LogP contribution < -0.4 is 15.5 Å². The molecule has 1 amide bonds. The lowest BCUT2D eigenvalue weighted by molar-refractivity contribution is -0.0138. The number of anilines is 1. The fourth-order valence-corrected chi connectivity index (χ4v) is 3.57. The number of para-hydroxylation sites is 1. The maximum atomic E-state index is 12.3. The van der Waals surface area contributed by atoms with Crippen LogP contribution in [-0.4, -0.2) is 63.6 Å². The summed E-state index contributed by atoms with van der Waals surface area (Å²) in [6.45, 7) is 2.73. The van der Waals surface area contributed by atoms with E-state index in [0.717, 1.165) is 22.0 Å². The van der Waals surface area contributed by atoms with Crippen molar-refractivity contribution in [2.24, 2.45) is 0 Å². The highest BCUT2D eigenvalue weighted by molar-refractivity contribution is 7.59. The molecule has 0 radical (unpaired) electrons. The molecular formula is C24H28N8O2S. The van der Waals surface area contributed by atoms with Crippen LogP contribution in [0.15, 0.2) is 55.2 Å². The number of fused-ring (bicyclic) bond motifs is 1. The number of pyridine rings is 1. The number of carbonyl (C=O) groups is 1. The van der Waals surface area contributed by atoms with Gasteiger partial charge in [0.25, 0.3) is 5.91 Å². The Labute approximate surface area is 210 Å². The molecule has 11 heteroatoms. The fourth-order valence-electron chi connectivity index (χ4n) is 3.57. The molecule has 0 saturated carbocycles. The predicted octanol–water partition coefficient (Wildman–Crippen LogP) is 3.03. The molecular weight excluding hydrogens is 464 g/mol. The lowest BCUT2D eigenvalue weighted by atomic mass is 9.96. The highest BCUT2D eigenvalue weighted by Crippen LogP contribution is 2.27. The molecule has 0 spiro atoms. The zero-order chi connectivity index (χ0) is 24.1. The summed E-state index contributed by atoms with van der Waals surface area (Å²) >= 11 is 0. The van der Waals surface area contributed by atoms with E-state index >= 15 is 0 Å². The van der Waals surface area contributed by atoms with Crippen molar-refractivity contribution in [1.29, 1.82) is 0 Å². The van der Waals surface area contributed by atoms with Crippen molar-refractivity contribution < 1.29 is 9.63 Å². The molecule has 3 aromatic heterocycles. The summed E-state index contributed by atoms with van der Waals surface area (Å²) in [6, 6.07) is 9.76. The quantitative estimate of drug-likeness (QED) is 0.358. The minimum atomic E-state index is -0.130. The lowest BCUT2D eigenvalue weighted by Crippen LogP contribution is -2.18. The average molecular weight is 493 g/mol. The minimum absolute atomic E-state index is 0. The third kappa shape index (κ3) is 6.00. The van der Waals surface area contributed by atoms with Crippen molar-refractivity contribution >= 4 is 36.1 Å². The molecule has 35 heavy (non-hydrogen) atoms. The Kier molecular flexibility index (Phi) is 8.50. The summed E-state index contributed by atoms with van der Waals surface area (Å²) in [5, 5.41) is 8.41.